The number of carbonyl (C=O) groups is 2. The van der Waals surface area contributed by atoms with Gasteiger partial charge in [-0.2, -0.15) is 0 Å². The first-order chi connectivity index (χ1) is 18.3. The fourth-order valence-electron chi connectivity index (χ4n) is 4.65. The number of ether oxygens (including phenoxy) is 5. The third-order valence-electron chi connectivity index (χ3n) is 6.28. The Hall–Kier alpha value is -3.30. The summed E-state index contributed by atoms with van der Waals surface area (Å²) in [6, 6.07) is 4.72. The third-order valence-corrected chi connectivity index (χ3v) is 6.28. The SMILES string of the molecule is C#COCCOCCOCCOC/C(N)=C/N(N)C1c2cc(C(=O)OC)ccc2N(C(C)=O)[C@@H](CC)[C@H]1C. The molecule has 1 aliphatic heterocycles. The molecular formula is C27H40N4O7. The highest BCUT2D eigenvalue weighted by Gasteiger charge is 2.41. The molecule has 0 spiro atoms. The second kappa shape index (κ2) is 15.8. The van der Waals surface area contributed by atoms with E-state index in [1.165, 1.54) is 19.0 Å². The number of fused-ring (bicyclic) bond motifs is 1. The van der Waals surface area contributed by atoms with Crippen molar-refractivity contribution < 1.29 is 33.3 Å². The highest BCUT2D eigenvalue weighted by atomic mass is 16.6. The first-order valence-electron chi connectivity index (χ1n) is 12.6. The van der Waals surface area contributed by atoms with Gasteiger partial charge in [-0.15, -0.1) is 0 Å². The Labute approximate surface area is 224 Å². The molecule has 38 heavy (non-hydrogen) atoms. The van der Waals surface area contributed by atoms with Crippen molar-refractivity contribution in [3.8, 4) is 12.5 Å². The lowest BCUT2D eigenvalue weighted by molar-refractivity contribution is -0.117. The molecule has 4 N–H and O–H groups in total. The summed E-state index contributed by atoms with van der Waals surface area (Å²) in [5.41, 5.74) is 8.45. The molecule has 0 radical (unpaired) electrons. The summed E-state index contributed by atoms with van der Waals surface area (Å²) in [4.78, 5) is 26.6. The quantitative estimate of drug-likeness (QED) is 0.113. The molecule has 1 amide bonds. The van der Waals surface area contributed by atoms with Gasteiger partial charge in [0.15, 0.2) is 0 Å². The van der Waals surface area contributed by atoms with Crippen LogP contribution in [0.4, 0.5) is 5.69 Å². The summed E-state index contributed by atoms with van der Waals surface area (Å²) >= 11 is 0. The molecule has 1 unspecified atom stereocenters. The van der Waals surface area contributed by atoms with Gasteiger partial charge in [0.25, 0.3) is 0 Å². The second-order valence-corrected chi connectivity index (χ2v) is 8.83. The molecule has 0 bridgehead atoms. The van der Waals surface area contributed by atoms with Gasteiger partial charge in [-0.25, -0.2) is 10.6 Å². The maximum atomic E-state index is 12.6. The summed E-state index contributed by atoms with van der Waals surface area (Å²) < 4.78 is 26.0. The molecule has 3 atom stereocenters. The maximum Gasteiger partial charge on any atom is 0.337 e. The zero-order valence-corrected chi connectivity index (χ0v) is 22.7. The van der Waals surface area contributed by atoms with E-state index in [1.54, 1.807) is 29.3 Å². The lowest BCUT2D eigenvalue weighted by Gasteiger charge is -2.47. The predicted octanol–water partition coefficient (Wildman–Crippen LogP) is 1.93. The zero-order chi connectivity index (χ0) is 28.1. The Morgan fingerprint density at radius 2 is 1.76 bits per heavy atom. The van der Waals surface area contributed by atoms with Crippen LogP contribution in [0.15, 0.2) is 30.1 Å². The molecule has 0 saturated carbocycles. The number of methoxy groups -OCH3 is 1. The van der Waals surface area contributed by atoms with Gasteiger partial charge in [0.2, 0.25) is 5.91 Å². The van der Waals surface area contributed by atoms with E-state index in [2.05, 4.69) is 6.11 Å². The summed E-state index contributed by atoms with van der Waals surface area (Å²) in [7, 11) is 1.33. The summed E-state index contributed by atoms with van der Waals surface area (Å²) in [5, 5.41) is 1.53. The Morgan fingerprint density at radius 3 is 2.34 bits per heavy atom. The average molecular weight is 533 g/mol. The number of nitrogens with two attached hydrogens (primary N) is 2. The minimum absolute atomic E-state index is 0.0620. The highest BCUT2D eigenvalue weighted by molar-refractivity contribution is 5.96. The number of hydrogen-bond acceptors (Lipinski definition) is 10. The smallest absolute Gasteiger partial charge is 0.337 e. The van der Waals surface area contributed by atoms with Crippen LogP contribution in [-0.2, 0) is 28.5 Å². The van der Waals surface area contributed by atoms with Crippen molar-refractivity contribution in [2.24, 2.45) is 17.5 Å². The predicted molar refractivity (Wildman–Crippen MR) is 142 cm³/mol. The number of benzene rings is 1. The fourth-order valence-corrected chi connectivity index (χ4v) is 4.65. The first-order valence-corrected chi connectivity index (χ1v) is 12.6. The Morgan fingerprint density at radius 1 is 1.13 bits per heavy atom. The van der Waals surface area contributed by atoms with E-state index < -0.39 is 5.97 Å². The Kier molecular flexibility index (Phi) is 12.9. The van der Waals surface area contributed by atoms with Gasteiger partial charge < -0.3 is 39.3 Å². The number of amides is 1. The molecule has 2 rings (SSSR count). The number of anilines is 1. The number of carbonyl (C=O) groups excluding carboxylic acids is 2. The van der Waals surface area contributed by atoms with E-state index in [4.69, 9.17) is 41.7 Å². The van der Waals surface area contributed by atoms with Crippen molar-refractivity contribution in [3.05, 3.63) is 41.2 Å². The van der Waals surface area contributed by atoms with Crippen molar-refractivity contribution >= 4 is 17.6 Å². The molecular weight excluding hydrogens is 492 g/mol. The first kappa shape index (κ1) is 30.9. The van der Waals surface area contributed by atoms with Crippen molar-refractivity contribution in [1.82, 2.24) is 5.01 Å². The molecule has 0 fully saturated rings. The molecule has 0 saturated heterocycles. The van der Waals surface area contributed by atoms with E-state index in [-0.39, 0.29) is 30.5 Å². The van der Waals surface area contributed by atoms with Gasteiger partial charge in [0, 0.05) is 36.3 Å². The largest absolute Gasteiger partial charge is 0.465 e. The van der Waals surface area contributed by atoms with Crippen molar-refractivity contribution in [2.75, 3.05) is 58.3 Å². The van der Waals surface area contributed by atoms with Gasteiger partial charge in [0.1, 0.15) is 12.7 Å². The number of nitrogens with zero attached hydrogens (tertiary/aromatic N) is 2. The number of hydrogen-bond donors (Lipinski definition) is 2. The molecule has 1 aliphatic rings. The fraction of sp³-hybridized carbons (Fsp3) is 0.556. The van der Waals surface area contributed by atoms with E-state index >= 15 is 0 Å². The summed E-state index contributed by atoms with van der Waals surface area (Å²) in [6.07, 6.45) is 9.41. The van der Waals surface area contributed by atoms with Crippen molar-refractivity contribution in [3.63, 3.8) is 0 Å². The number of esters is 1. The topological polar surface area (TPSA) is 139 Å². The molecule has 210 valence electrons. The minimum Gasteiger partial charge on any atom is -0.465 e. The van der Waals surface area contributed by atoms with E-state index in [0.29, 0.717) is 56.6 Å². The van der Waals surface area contributed by atoms with Crippen LogP contribution in [0.25, 0.3) is 0 Å². The minimum atomic E-state index is -0.468. The van der Waals surface area contributed by atoms with E-state index in [9.17, 15) is 9.59 Å². The average Bonchev–Trinajstić information content (AvgIpc) is 2.89. The van der Waals surface area contributed by atoms with Gasteiger partial charge in [0.05, 0.1) is 64.1 Å². The molecule has 11 nitrogen and oxygen atoms in total. The van der Waals surface area contributed by atoms with E-state index in [1.807, 2.05) is 13.8 Å². The highest BCUT2D eigenvalue weighted by Crippen LogP contribution is 2.44. The van der Waals surface area contributed by atoms with Crippen LogP contribution in [0.2, 0.25) is 0 Å². The Balaban J connectivity index is 2.03. The van der Waals surface area contributed by atoms with E-state index in [0.717, 1.165) is 12.0 Å². The number of hydrazine groups is 1. The summed E-state index contributed by atoms with van der Waals surface area (Å²) in [6.45, 7) is 8.08. The standard InChI is InChI=1S/C27H40N4O7/c1-6-24-19(3)26(23-16-21(27(33)34-5)8-9-25(23)31(24)20(4)32)30(29)17-22(28)18-38-15-14-37-13-12-36-11-10-35-7-2/h2,8-9,16-17,19,24,26H,6,10-15,18,28-29H2,1,3-5H3/b22-17-/t19-,24+,26?/m1/s1. The molecule has 11 heteroatoms. The summed E-state index contributed by atoms with van der Waals surface area (Å²) in [5.74, 6) is 5.92. The van der Waals surface area contributed by atoms with Crippen LogP contribution in [0.1, 0.15) is 49.2 Å². The van der Waals surface area contributed by atoms with Crippen LogP contribution in [0, 0.1) is 18.4 Å². The monoisotopic (exact) mass is 532 g/mol. The number of terminal acetylenes is 1. The van der Waals surface area contributed by atoms with Crippen LogP contribution < -0.4 is 16.5 Å². The Bertz CT molecular complexity index is 994. The molecule has 1 heterocycles. The maximum absolute atomic E-state index is 12.6. The molecule has 0 aromatic heterocycles. The molecule has 0 aliphatic carbocycles. The van der Waals surface area contributed by atoms with Crippen molar-refractivity contribution in [2.45, 2.75) is 39.3 Å². The molecule has 1 aromatic rings. The second-order valence-electron chi connectivity index (χ2n) is 8.83. The van der Waals surface area contributed by atoms with Crippen LogP contribution >= 0.6 is 0 Å². The van der Waals surface area contributed by atoms with Gasteiger partial charge >= 0.3 is 5.97 Å². The normalized spacial score (nSPS) is 18.9. The lowest BCUT2D eigenvalue weighted by atomic mass is 9.80. The zero-order valence-electron chi connectivity index (χ0n) is 22.7. The van der Waals surface area contributed by atoms with Gasteiger partial charge in [-0.3, -0.25) is 4.79 Å². The van der Waals surface area contributed by atoms with Crippen molar-refractivity contribution in [1.29, 1.82) is 0 Å². The molecule has 1 aromatic carbocycles. The van der Waals surface area contributed by atoms with Gasteiger partial charge in [-0.1, -0.05) is 20.3 Å². The van der Waals surface area contributed by atoms with Crippen LogP contribution in [-0.4, -0.2) is 76.3 Å². The van der Waals surface area contributed by atoms with Gasteiger partial charge in [-0.05, 0) is 24.6 Å². The lowest BCUT2D eigenvalue weighted by Crippen LogP contribution is -2.52. The third kappa shape index (κ3) is 8.36. The van der Waals surface area contributed by atoms with Crippen LogP contribution in [0.3, 0.4) is 0 Å². The number of rotatable bonds is 15. The van der Waals surface area contributed by atoms with Crippen LogP contribution in [0.5, 0.6) is 0 Å².